The van der Waals surface area contributed by atoms with Gasteiger partial charge in [0.1, 0.15) is 0 Å². The molecule has 2 aromatic heterocycles. The van der Waals surface area contributed by atoms with Crippen LogP contribution < -0.4 is 0 Å². The van der Waals surface area contributed by atoms with Crippen LogP contribution in [0.2, 0.25) is 0 Å². The average molecular weight is 723 g/mol. The smallest absolute Gasteiger partial charge is 0.0788 e. The van der Waals surface area contributed by atoms with Crippen LogP contribution in [0.3, 0.4) is 0 Å². The van der Waals surface area contributed by atoms with Crippen LogP contribution in [0.15, 0.2) is 206 Å². The van der Waals surface area contributed by atoms with Crippen LogP contribution in [0.1, 0.15) is 0 Å². The fourth-order valence-corrected chi connectivity index (χ4v) is 9.40. The number of para-hydroxylation sites is 2. The van der Waals surface area contributed by atoms with Crippen molar-refractivity contribution in [1.29, 1.82) is 0 Å². The van der Waals surface area contributed by atoms with Crippen molar-refractivity contribution in [2.45, 2.75) is 0 Å². The maximum Gasteiger partial charge on any atom is 0.0788 e. The van der Waals surface area contributed by atoms with Gasteiger partial charge in [-0.2, -0.15) is 0 Å². The van der Waals surface area contributed by atoms with Gasteiger partial charge in [0.15, 0.2) is 0 Å². The number of fused-ring (bicyclic) bond motifs is 9. The third kappa shape index (κ3) is 4.87. The highest BCUT2D eigenvalue weighted by molar-refractivity contribution is 6.23. The number of nitrogens with zero attached hydrogens (tertiary/aromatic N) is 2. The molecule has 0 aliphatic rings. The minimum absolute atomic E-state index is 1.00. The van der Waals surface area contributed by atoms with Gasteiger partial charge >= 0.3 is 0 Å². The topological polar surface area (TPSA) is 17.8 Å². The van der Waals surface area contributed by atoms with Gasteiger partial charge in [-0.05, 0) is 102 Å². The van der Waals surface area contributed by atoms with E-state index in [4.69, 9.17) is 4.98 Å². The monoisotopic (exact) mass is 722 g/mol. The molecule has 0 aliphatic carbocycles. The summed E-state index contributed by atoms with van der Waals surface area (Å²) in [5, 5.41) is 13.5. The van der Waals surface area contributed by atoms with Crippen LogP contribution in [-0.4, -0.2) is 9.55 Å². The second kappa shape index (κ2) is 12.5. The van der Waals surface area contributed by atoms with E-state index in [0.29, 0.717) is 0 Å². The highest BCUT2D eigenvalue weighted by Gasteiger charge is 2.20. The van der Waals surface area contributed by atoms with Gasteiger partial charge in [-0.3, -0.25) is 0 Å². The molecule has 0 fully saturated rings. The average Bonchev–Trinajstić information content (AvgIpc) is 3.60. The van der Waals surface area contributed by atoms with E-state index in [1.54, 1.807) is 0 Å². The maximum atomic E-state index is 5.28. The van der Waals surface area contributed by atoms with Crippen molar-refractivity contribution in [2.75, 3.05) is 0 Å². The first-order chi connectivity index (χ1) is 28.3. The predicted octanol–water partition coefficient (Wildman–Crippen LogP) is 14.9. The van der Waals surface area contributed by atoms with E-state index in [9.17, 15) is 0 Å². The molecule has 12 rings (SSSR count). The van der Waals surface area contributed by atoms with Gasteiger partial charge < -0.3 is 4.57 Å². The summed E-state index contributed by atoms with van der Waals surface area (Å²) in [6.45, 7) is 0. The zero-order valence-corrected chi connectivity index (χ0v) is 31.0. The van der Waals surface area contributed by atoms with E-state index in [1.165, 1.54) is 81.6 Å². The lowest BCUT2D eigenvalue weighted by Crippen LogP contribution is -1.96. The minimum atomic E-state index is 1.00. The molecule has 0 saturated heterocycles. The SMILES string of the molecule is c1ccc(-c2nc3ccccc3c3cc4c5ccccc5n(-c5cccc(-c6c7ccccc7c(-c7ccc8ccccc8c7)c7ccccc67)c5)c4cc23)cc1. The number of aromatic nitrogens is 2. The molecule has 0 atom stereocenters. The summed E-state index contributed by atoms with van der Waals surface area (Å²) < 4.78 is 2.45. The Labute approximate surface area is 329 Å². The van der Waals surface area contributed by atoms with Gasteiger partial charge in [0, 0.05) is 32.8 Å². The van der Waals surface area contributed by atoms with Crippen molar-refractivity contribution in [3.63, 3.8) is 0 Å². The van der Waals surface area contributed by atoms with E-state index < -0.39 is 0 Å². The molecule has 2 heterocycles. The number of hydrogen-bond donors (Lipinski definition) is 0. The first-order valence-corrected chi connectivity index (χ1v) is 19.6. The van der Waals surface area contributed by atoms with Crippen LogP contribution in [0.5, 0.6) is 0 Å². The summed E-state index contributed by atoms with van der Waals surface area (Å²) in [6, 6.07) is 75.2. The first kappa shape index (κ1) is 31.8. The van der Waals surface area contributed by atoms with E-state index in [1.807, 2.05) is 0 Å². The quantitative estimate of drug-likeness (QED) is 0.131. The largest absolute Gasteiger partial charge is 0.309 e. The Bertz CT molecular complexity index is 3520. The van der Waals surface area contributed by atoms with Crippen molar-refractivity contribution in [1.82, 2.24) is 9.55 Å². The second-order valence-corrected chi connectivity index (χ2v) is 15.1. The Kier molecular flexibility index (Phi) is 6.96. The molecule has 0 amide bonds. The molecule has 12 aromatic rings. The van der Waals surface area contributed by atoms with Crippen LogP contribution in [0, 0.1) is 0 Å². The van der Waals surface area contributed by atoms with Gasteiger partial charge in [-0.15, -0.1) is 0 Å². The Hall–Kier alpha value is -7.55. The molecule has 0 spiro atoms. The van der Waals surface area contributed by atoms with Gasteiger partial charge in [-0.1, -0.05) is 164 Å². The fourth-order valence-electron chi connectivity index (χ4n) is 9.40. The lowest BCUT2D eigenvalue weighted by molar-refractivity contribution is 1.18. The Morgan fingerprint density at radius 3 is 1.61 bits per heavy atom. The summed E-state index contributed by atoms with van der Waals surface area (Å²) >= 11 is 0. The minimum Gasteiger partial charge on any atom is -0.309 e. The maximum absolute atomic E-state index is 5.28. The summed E-state index contributed by atoms with van der Waals surface area (Å²) in [6.07, 6.45) is 0. The number of rotatable bonds is 4. The molecule has 0 unspecified atom stereocenters. The zero-order chi connectivity index (χ0) is 37.5. The lowest BCUT2D eigenvalue weighted by atomic mass is 9.85. The molecule has 0 bridgehead atoms. The van der Waals surface area contributed by atoms with E-state index in [-0.39, 0.29) is 0 Å². The molecule has 2 nitrogen and oxygen atoms in total. The zero-order valence-electron chi connectivity index (χ0n) is 31.0. The second-order valence-electron chi connectivity index (χ2n) is 15.1. The summed E-state index contributed by atoms with van der Waals surface area (Å²) in [5.41, 5.74) is 11.5. The molecular formula is C55H34N2. The fraction of sp³-hybridized carbons (Fsp3) is 0. The number of benzene rings is 10. The van der Waals surface area contributed by atoms with Crippen LogP contribution in [0.4, 0.5) is 0 Å². The number of hydrogen-bond acceptors (Lipinski definition) is 1. The van der Waals surface area contributed by atoms with Gasteiger partial charge in [-0.25, -0.2) is 4.98 Å². The molecule has 10 aromatic carbocycles. The van der Waals surface area contributed by atoms with E-state index in [2.05, 4.69) is 211 Å². The molecule has 2 heteroatoms. The van der Waals surface area contributed by atoms with Crippen molar-refractivity contribution in [3.05, 3.63) is 206 Å². The third-order valence-corrected chi connectivity index (χ3v) is 11.9. The standard InChI is InChI=1S/C55H34N2/c1-2-16-36(17-3-1)55-49-34-52-48(33-47(49)41-21-10-12-27-50(41)56-55)42-22-11-13-28-51(42)57(52)40-20-14-19-38(32-40)53-43-23-6-8-25-45(43)54(46-26-9-7-24-44(46)53)39-30-29-35-15-4-5-18-37(35)31-39/h1-34H. The van der Waals surface area contributed by atoms with Crippen LogP contribution in [-0.2, 0) is 0 Å². The third-order valence-electron chi connectivity index (χ3n) is 11.9. The van der Waals surface area contributed by atoms with Crippen LogP contribution in [0.25, 0.3) is 115 Å². The predicted molar refractivity (Wildman–Crippen MR) is 242 cm³/mol. The van der Waals surface area contributed by atoms with Crippen molar-refractivity contribution in [3.8, 4) is 39.2 Å². The van der Waals surface area contributed by atoms with Crippen molar-refractivity contribution >= 4 is 75.8 Å². The van der Waals surface area contributed by atoms with Crippen LogP contribution >= 0.6 is 0 Å². The molecule has 57 heavy (non-hydrogen) atoms. The molecule has 0 N–H and O–H groups in total. The Morgan fingerprint density at radius 1 is 0.298 bits per heavy atom. The van der Waals surface area contributed by atoms with Crippen molar-refractivity contribution < 1.29 is 0 Å². The highest BCUT2D eigenvalue weighted by Crippen LogP contribution is 2.45. The summed E-state index contributed by atoms with van der Waals surface area (Å²) in [4.78, 5) is 5.28. The molecule has 0 radical (unpaired) electrons. The highest BCUT2D eigenvalue weighted by atomic mass is 15.0. The Morgan fingerprint density at radius 2 is 0.877 bits per heavy atom. The van der Waals surface area contributed by atoms with Gasteiger partial charge in [0.2, 0.25) is 0 Å². The Balaban J connectivity index is 1.13. The van der Waals surface area contributed by atoms with Gasteiger partial charge in [0.25, 0.3) is 0 Å². The molecule has 264 valence electrons. The van der Waals surface area contributed by atoms with Crippen molar-refractivity contribution in [2.24, 2.45) is 0 Å². The molecular weight excluding hydrogens is 689 g/mol. The van der Waals surface area contributed by atoms with E-state index >= 15 is 0 Å². The first-order valence-electron chi connectivity index (χ1n) is 19.6. The van der Waals surface area contributed by atoms with E-state index in [0.717, 1.165) is 33.4 Å². The summed E-state index contributed by atoms with van der Waals surface area (Å²) in [5.74, 6) is 0. The summed E-state index contributed by atoms with van der Waals surface area (Å²) in [7, 11) is 0. The normalized spacial score (nSPS) is 11.9. The van der Waals surface area contributed by atoms with Gasteiger partial charge in [0.05, 0.1) is 22.2 Å². The molecule has 0 saturated carbocycles. The molecule has 0 aliphatic heterocycles. The lowest BCUT2D eigenvalue weighted by Gasteiger charge is -2.19. The number of pyridine rings is 1.